The first-order chi connectivity index (χ1) is 12.9. The topological polar surface area (TPSA) is 75.7 Å². The second kappa shape index (κ2) is 8.10. The van der Waals surface area contributed by atoms with Gasteiger partial charge < -0.3 is 10.1 Å². The van der Waals surface area contributed by atoms with Gasteiger partial charge in [-0.3, -0.25) is 4.79 Å². The number of amides is 1. The van der Waals surface area contributed by atoms with Crippen molar-refractivity contribution >= 4 is 15.9 Å². The number of hydrogen-bond acceptors (Lipinski definition) is 4. The lowest BCUT2D eigenvalue weighted by atomic mass is 10.1. The second-order valence-electron chi connectivity index (χ2n) is 6.57. The lowest BCUT2D eigenvalue weighted by Crippen LogP contribution is -2.28. The highest BCUT2D eigenvalue weighted by atomic mass is 32.2. The fourth-order valence-electron chi connectivity index (χ4n) is 3.24. The van der Waals surface area contributed by atoms with Gasteiger partial charge in [0.05, 0.1) is 18.0 Å². The predicted octanol–water partition coefficient (Wildman–Crippen LogP) is 2.97. The van der Waals surface area contributed by atoms with Gasteiger partial charge in [-0.1, -0.05) is 18.2 Å². The molecule has 27 heavy (non-hydrogen) atoms. The van der Waals surface area contributed by atoms with Gasteiger partial charge in [-0.05, 0) is 50.1 Å². The summed E-state index contributed by atoms with van der Waals surface area (Å²) in [6.07, 6.45) is 1.78. The van der Waals surface area contributed by atoms with Crippen molar-refractivity contribution in [2.24, 2.45) is 0 Å². The first-order valence-electron chi connectivity index (χ1n) is 8.97. The van der Waals surface area contributed by atoms with Crippen LogP contribution in [0, 0.1) is 0 Å². The minimum Gasteiger partial charge on any atom is -0.496 e. The molecule has 0 spiro atoms. The molecule has 0 aromatic heterocycles. The van der Waals surface area contributed by atoms with Gasteiger partial charge in [0.25, 0.3) is 5.91 Å². The monoisotopic (exact) mass is 388 g/mol. The van der Waals surface area contributed by atoms with Crippen molar-refractivity contribution in [2.45, 2.75) is 30.7 Å². The second-order valence-corrected chi connectivity index (χ2v) is 8.51. The van der Waals surface area contributed by atoms with Gasteiger partial charge in [0, 0.05) is 24.2 Å². The average Bonchev–Trinajstić information content (AvgIpc) is 3.23. The molecule has 0 radical (unpaired) electrons. The van der Waals surface area contributed by atoms with Crippen LogP contribution in [0.2, 0.25) is 0 Å². The fourth-order valence-corrected chi connectivity index (χ4v) is 4.75. The smallest absolute Gasteiger partial charge is 0.251 e. The third-order valence-corrected chi connectivity index (χ3v) is 6.69. The fraction of sp³-hybridized carbons (Fsp3) is 0.350. The van der Waals surface area contributed by atoms with Gasteiger partial charge in [-0.25, -0.2) is 8.42 Å². The zero-order valence-electron chi connectivity index (χ0n) is 15.5. The van der Waals surface area contributed by atoms with Crippen LogP contribution < -0.4 is 10.1 Å². The number of nitrogens with one attached hydrogen (secondary N) is 1. The van der Waals surface area contributed by atoms with E-state index < -0.39 is 10.0 Å². The first kappa shape index (κ1) is 19.4. The molecule has 2 aromatic carbocycles. The van der Waals surface area contributed by atoms with E-state index in [1.807, 2.05) is 31.2 Å². The van der Waals surface area contributed by atoms with Crippen LogP contribution in [0.5, 0.6) is 5.75 Å². The van der Waals surface area contributed by atoms with Crippen molar-refractivity contribution in [3.63, 3.8) is 0 Å². The Kier molecular flexibility index (Phi) is 5.82. The third-order valence-electron chi connectivity index (χ3n) is 4.77. The summed E-state index contributed by atoms with van der Waals surface area (Å²) in [6, 6.07) is 13.3. The van der Waals surface area contributed by atoms with Crippen LogP contribution in [0.1, 0.15) is 41.7 Å². The number of carbonyl (C=O) groups excluding carboxylic acids is 1. The summed E-state index contributed by atoms with van der Waals surface area (Å²) < 4.78 is 31.9. The Morgan fingerprint density at radius 1 is 1.07 bits per heavy atom. The molecule has 1 N–H and O–H groups in total. The molecule has 0 saturated carbocycles. The lowest BCUT2D eigenvalue weighted by Gasteiger charge is -2.18. The largest absolute Gasteiger partial charge is 0.496 e. The standard InChI is InChI=1S/C20H24N2O4S/c1-15(18-7-3-4-8-19(18)26-2)21-20(23)16-9-11-17(12-10-16)27(24,25)22-13-5-6-14-22/h3-4,7-12,15H,5-6,13-14H2,1-2H3,(H,21,23). The molecule has 1 saturated heterocycles. The third kappa shape index (κ3) is 4.14. The van der Waals surface area contributed by atoms with Crippen LogP contribution in [-0.4, -0.2) is 38.8 Å². The maximum atomic E-state index is 12.6. The molecule has 1 aliphatic heterocycles. The van der Waals surface area contributed by atoms with Crippen LogP contribution in [0.25, 0.3) is 0 Å². The summed E-state index contributed by atoms with van der Waals surface area (Å²) in [5.74, 6) is 0.441. The van der Waals surface area contributed by atoms with E-state index in [2.05, 4.69) is 5.32 Å². The minimum atomic E-state index is -3.47. The molecule has 1 heterocycles. The van der Waals surface area contributed by atoms with Crippen molar-refractivity contribution in [2.75, 3.05) is 20.2 Å². The van der Waals surface area contributed by atoms with Crippen LogP contribution in [0.3, 0.4) is 0 Å². The molecule has 1 amide bonds. The summed E-state index contributed by atoms with van der Waals surface area (Å²) in [5, 5.41) is 2.92. The molecule has 2 aromatic rings. The Bertz CT molecular complexity index is 904. The SMILES string of the molecule is COc1ccccc1C(C)NC(=O)c1ccc(S(=O)(=O)N2CCCC2)cc1. The van der Waals surface area contributed by atoms with E-state index in [4.69, 9.17) is 4.74 Å². The highest BCUT2D eigenvalue weighted by Crippen LogP contribution is 2.25. The Labute approximate surface area is 160 Å². The van der Waals surface area contributed by atoms with E-state index in [9.17, 15) is 13.2 Å². The Hall–Kier alpha value is -2.38. The van der Waals surface area contributed by atoms with Crippen LogP contribution in [0.15, 0.2) is 53.4 Å². The van der Waals surface area contributed by atoms with Gasteiger partial charge in [0.2, 0.25) is 10.0 Å². The van der Waals surface area contributed by atoms with Gasteiger partial charge in [-0.15, -0.1) is 0 Å². The van der Waals surface area contributed by atoms with Crippen LogP contribution in [-0.2, 0) is 10.0 Å². The molecular weight excluding hydrogens is 364 g/mol. The molecule has 6 nitrogen and oxygen atoms in total. The van der Waals surface area contributed by atoms with E-state index in [-0.39, 0.29) is 16.8 Å². The normalized spacial score (nSPS) is 16.1. The summed E-state index contributed by atoms with van der Waals surface area (Å²) >= 11 is 0. The molecule has 1 atom stereocenters. The highest BCUT2D eigenvalue weighted by Gasteiger charge is 2.27. The number of ether oxygens (including phenoxy) is 1. The summed E-state index contributed by atoms with van der Waals surface area (Å²) in [4.78, 5) is 12.8. The number of benzene rings is 2. The minimum absolute atomic E-state index is 0.221. The molecule has 0 bridgehead atoms. The molecule has 0 aliphatic carbocycles. The highest BCUT2D eigenvalue weighted by molar-refractivity contribution is 7.89. The summed E-state index contributed by atoms with van der Waals surface area (Å²) in [7, 11) is -1.88. The summed E-state index contributed by atoms with van der Waals surface area (Å²) in [6.45, 7) is 2.99. The van der Waals surface area contributed by atoms with Gasteiger partial charge >= 0.3 is 0 Å². The van der Waals surface area contributed by atoms with Crippen molar-refractivity contribution in [3.05, 3.63) is 59.7 Å². The zero-order valence-corrected chi connectivity index (χ0v) is 16.3. The van der Waals surface area contributed by atoms with Crippen molar-refractivity contribution in [1.82, 2.24) is 9.62 Å². The van der Waals surface area contributed by atoms with Crippen molar-refractivity contribution < 1.29 is 17.9 Å². The number of hydrogen-bond donors (Lipinski definition) is 1. The average molecular weight is 388 g/mol. The predicted molar refractivity (Wildman–Crippen MR) is 103 cm³/mol. The molecule has 144 valence electrons. The molecular formula is C20H24N2O4S. The van der Waals surface area contributed by atoms with E-state index in [0.717, 1.165) is 18.4 Å². The molecule has 1 aliphatic rings. The van der Waals surface area contributed by atoms with Gasteiger partial charge in [-0.2, -0.15) is 4.31 Å². The molecule has 1 unspecified atom stereocenters. The maximum absolute atomic E-state index is 12.6. The zero-order chi connectivity index (χ0) is 19.4. The number of sulfonamides is 1. The Balaban J connectivity index is 1.72. The van der Waals surface area contributed by atoms with Crippen LogP contribution >= 0.6 is 0 Å². The van der Waals surface area contributed by atoms with E-state index in [0.29, 0.717) is 24.4 Å². The van der Waals surface area contributed by atoms with Gasteiger partial charge in [0.1, 0.15) is 5.75 Å². The Morgan fingerprint density at radius 2 is 1.70 bits per heavy atom. The van der Waals surface area contributed by atoms with E-state index >= 15 is 0 Å². The lowest BCUT2D eigenvalue weighted by molar-refractivity contribution is 0.0939. The van der Waals surface area contributed by atoms with E-state index in [1.165, 1.54) is 16.4 Å². The summed E-state index contributed by atoms with van der Waals surface area (Å²) in [5.41, 5.74) is 1.29. The number of rotatable bonds is 6. The van der Waals surface area contributed by atoms with Gasteiger partial charge in [0.15, 0.2) is 0 Å². The maximum Gasteiger partial charge on any atom is 0.251 e. The molecule has 3 rings (SSSR count). The van der Waals surface area contributed by atoms with Crippen molar-refractivity contribution in [1.29, 1.82) is 0 Å². The number of carbonyl (C=O) groups is 1. The quantitative estimate of drug-likeness (QED) is 0.825. The molecule has 1 fully saturated rings. The number of nitrogens with zero attached hydrogens (tertiary/aromatic N) is 1. The first-order valence-corrected chi connectivity index (χ1v) is 10.4. The number of methoxy groups -OCH3 is 1. The van der Waals surface area contributed by atoms with E-state index in [1.54, 1.807) is 19.2 Å². The Morgan fingerprint density at radius 3 is 2.33 bits per heavy atom. The van der Waals surface area contributed by atoms with Crippen LogP contribution in [0.4, 0.5) is 0 Å². The molecule has 7 heteroatoms. The van der Waals surface area contributed by atoms with Crippen molar-refractivity contribution in [3.8, 4) is 5.75 Å². The number of para-hydroxylation sites is 1.